The van der Waals surface area contributed by atoms with Crippen LogP contribution in [0, 0.1) is 0 Å². The molecule has 1 aliphatic heterocycles. The number of hydrogen-bond acceptors (Lipinski definition) is 3. The second kappa shape index (κ2) is 6.37. The Hall–Kier alpha value is -1.39. The molecule has 1 saturated heterocycles. The number of methoxy groups -OCH3 is 1. The molecule has 1 aliphatic rings. The average molecular weight is 276 g/mol. The molecule has 1 aromatic carbocycles. The standard InChI is InChI=1S/C16H24N2O2/c1-16(20-2)9-6-10-18(12-16)15(19)11-14(17)13-7-4-3-5-8-13/h3-5,7-8,14H,6,9-12,17H2,1-2H3. The summed E-state index contributed by atoms with van der Waals surface area (Å²) in [6.07, 6.45) is 2.33. The van der Waals surface area contributed by atoms with Gasteiger partial charge in [-0.05, 0) is 25.3 Å². The molecule has 0 spiro atoms. The van der Waals surface area contributed by atoms with Crippen molar-refractivity contribution in [1.82, 2.24) is 4.90 Å². The topological polar surface area (TPSA) is 55.6 Å². The van der Waals surface area contributed by atoms with E-state index in [1.165, 1.54) is 0 Å². The predicted octanol–water partition coefficient (Wildman–Crippen LogP) is 2.10. The van der Waals surface area contributed by atoms with Crippen LogP contribution >= 0.6 is 0 Å². The second-order valence-electron chi connectivity index (χ2n) is 5.79. The Kier molecular flexibility index (Phi) is 4.78. The fraction of sp³-hybridized carbons (Fsp3) is 0.562. The minimum absolute atomic E-state index is 0.115. The van der Waals surface area contributed by atoms with Crippen molar-refractivity contribution in [2.24, 2.45) is 5.73 Å². The first-order valence-corrected chi connectivity index (χ1v) is 7.17. The lowest BCUT2D eigenvalue weighted by atomic mass is 9.94. The zero-order valence-electron chi connectivity index (χ0n) is 12.3. The number of carbonyl (C=O) groups excluding carboxylic acids is 1. The van der Waals surface area contributed by atoms with Crippen molar-refractivity contribution in [3.63, 3.8) is 0 Å². The summed E-state index contributed by atoms with van der Waals surface area (Å²) in [5, 5.41) is 0. The van der Waals surface area contributed by atoms with Gasteiger partial charge in [0.1, 0.15) is 0 Å². The summed E-state index contributed by atoms with van der Waals surface area (Å²) in [6.45, 7) is 3.52. The van der Waals surface area contributed by atoms with Gasteiger partial charge in [-0.3, -0.25) is 4.79 Å². The number of nitrogens with zero attached hydrogens (tertiary/aromatic N) is 1. The van der Waals surface area contributed by atoms with Crippen molar-refractivity contribution in [3.8, 4) is 0 Å². The zero-order valence-corrected chi connectivity index (χ0v) is 12.3. The molecule has 0 aliphatic carbocycles. The van der Waals surface area contributed by atoms with Gasteiger partial charge in [-0.2, -0.15) is 0 Å². The van der Waals surface area contributed by atoms with Gasteiger partial charge in [0.15, 0.2) is 0 Å². The first-order chi connectivity index (χ1) is 9.54. The van der Waals surface area contributed by atoms with Gasteiger partial charge in [0.2, 0.25) is 5.91 Å². The van der Waals surface area contributed by atoms with E-state index in [1.54, 1.807) is 7.11 Å². The number of nitrogens with two attached hydrogens (primary N) is 1. The van der Waals surface area contributed by atoms with E-state index >= 15 is 0 Å². The van der Waals surface area contributed by atoms with Crippen LogP contribution in [0.4, 0.5) is 0 Å². The van der Waals surface area contributed by atoms with Crippen LogP contribution in [0.1, 0.15) is 37.8 Å². The van der Waals surface area contributed by atoms with Gasteiger partial charge < -0.3 is 15.4 Å². The van der Waals surface area contributed by atoms with E-state index in [9.17, 15) is 4.79 Å². The lowest BCUT2D eigenvalue weighted by molar-refractivity contribution is -0.139. The molecular formula is C16H24N2O2. The smallest absolute Gasteiger partial charge is 0.224 e. The van der Waals surface area contributed by atoms with Gasteiger partial charge in [0.05, 0.1) is 5.60 Å². The molecule has 2 N–H and O–H groups in total. The highest BCUT2D eigenvalue weighted by molar-refractivity contribution is 5.77. The summed E-state index contributed by atoms with van der Waals surface area (Å²) >= 11 is 0. The highest BCUT2D eigenvalue weighted by Crippen LogP contribution is 2.25. The summed E-state index contributed by atoms with van der Waals surface area (Å²) < 4.78 is 5.52. The molecule has 1 amide bonds. The SMILES string of the molecule is COC1(C)CCCN(C(=O)CC(N)c2ccccc2)C1. The molecule has 1 heterocycles. The summed E-state index contributed by atoms with van der Waals surface area (Å²) in [5.74, 6) is 0.115. The minimum Gasteiger partial charge on any atom is -0.377 e. The molecule has 0 saturated carbocycles. The fourth-order valence-corrected chi connectivity index (χ4v) is 2.72. The van der Waals surface area contributed by atoms with Gasteiger partial charge in [-0.1, -0.05) is 30.3 Å². The van der Waals surface area contributed by atoms with Gasteiger partial charge in [-0.25, -0.2) is 0 Å². The van der Waals surface area contributed by atoms with Gasteiger partial charge >= 0.3 is 0 Å². The highest BCUT2D eigenvalue weighted by atomic mass is 16.5. The van der Waals surface area contributed by atoms with Crippen LogP contribution < -0.4 is 5.73 Å². The summed E-state index contributed by atoms with van der Waals surface area (Å²) in [7, 11) is 1.71. The molecule has 2 rings (SSSR count). The highest BCUT2D eigenvalue weighted by Gasteiger charge is 2.33. The third-order valence-corrected chi connectivity index (χ3v) is 4.13. The summed E-state index contributed by atoms with van der Waals surface area (Å²) in [5.41, 5.74) is 6.91. The quantitative estimate of drug-likeness (QED) is 0.916. The maximum Gasteiger partial charge on any atom is 0.224 e. The molecule has 4 nitrogen and oxygen atoms in total. The Morgan fingerprint density at radius 3 is 2.80 bits per heavy atom. The van der Waals surface area contributed by atoms with Crippen LogP contribution in [0.3, 0.4) is 0 Å². The first-order valence-electron chi connectivity index (χ1n) is 7.17. The fourth-order valence-electron chi connectivity index (χ4n) is 2.72. The predicted molar refractivity (Wildman–Crippen MR) is 79.2 cm³/mol. The van der Waals surface area contributed by atoms with E-state index in [4.69, 9.17) is 10.5 Å². The number of benzene rings is 1. The monoisotopic (exact) mass is 276 g/mol. The van der Waals surface area contributed by atoms with Gasteiger partial charge in [0.25, 0.3) is 0 Å². The lowest BCUT2D eigenvalue weighted by Gasteiger charge is -2.39. The van der Waals surface area contributed by atoms with Crippen LogP contribution in [0.5, 0.6) is 0 Å². The van der Waals surface area contributed by atoms with Crippen molar-refractivity contribution < 1.29 is 9.53 Å². The van der Waals surface area contributed by atoms with Gasteiger partial charge in [0, 0.05) is 32.7 Å². The lowest BCUT2D eigenvalue weighted by Crippen LogP contribution is -2.50. The van der Waals surface area contributed by atoms with Crippen molar-refractivity contribution in [2.75, 3.05) is 20.2 Å². The Morgan fingerprint density at radius 2 is 2.15 bits per heavy atom. The maximum absolute atomic E-state index is 12.4. The molecule has 0 radical (unpaired) electrons. The van der Waals surface area contributed by atoms with E-state index in [1.807, 2.05) is 35.2 Å². The zero-order chi connectivity index (χ0) is 14.6. The number of carbonyl (C=O) groups is 1. The summed E-state index contributed by atoms with van der Waals surface area (Å²) in [6, 6.07) is 9.54. The number of ether oxygens (including phenoxy) is 1. The molecule has 110 valence electrons. The Labute approximate surface area is 120 Å². The normalized spacial score (nSPS) is 24.4. The van der Waals surface area contributed by atoms with Crippen LogP contribution in [0.15, 0.2) is 30.3 Å². The Morgan fingerprint density at radius 1 is 1.45 bits per heavy atom. The number of amides is 1. The van der Waals surface area contributed by atoms with E-state index in [2.05, 4.69) is 6.92 Å². The van der Waals surface area contributed by atoms with Crippen molar-refractivity contribution >= 4 is 5.91 Å². The van der Waals surface area contributed by atoms with E-state index in [0.29, 0.717) is 13.0 Å². The van der Waals surface area contributed by atoms with Crippen molar-refractivity contribution in [1.29, 1.82) is 0 Å². The number of hydrogen-bond donors (Lipinski definition) is 1. The largest absolute Gasteiger partial charge is 0.377 e. The number of rotatable bonds is 4. The molecule has 2 atom stereocenters. The van der Waals surface area contributed by atoms with E-state index < -0.39 is 0 Å². The van der Waals surface area contributed by atoms with Crippen LogP contribution in [-0.2, 0) is 9.53 Å². The first kappa shape index (κ1) is 15.0. The molecule has 0 aromatic heterocycles. The number of piperidine rings is 1. The molecule has 1 fully saturated rings. The van der Waals surface area contributed by atoms with Crippen LogP contribution in [-0.4, -0.2) is 36.6 Å². The molecular weight excluding hydrogens is 252 g/mol. The second-order valence-corrected chi connectivity index (χ2v) is 5.79. The molecule has 4 heteroatoms. The van der Waals surface area contributed by atoms with Crippen LogP contribution in [0.25, 0.3) is 0 Å². The Bertz CT molecular complexity index is 449. The maximum atomic E-state index is 12.4. The molecule has 20 heavy (non-hydrogen) atoms. The van der Waals surface area contributed by atoms with E-state index in [-0.39, 0.29) is 17.6 Å². The van der Waals surface area contributed by atoms with Crippen molar-refractivity contribution in [2.45, 2.75) is 37.8 Å². The third kappa shape index (κ3) is 3.58. The minimum atomic E-state index is -0.237. The third-order valence-electron chi connectivity index (χ3n) is 4.13. The van der Waals surface area contributed by atoms with Crippen molar-refractivity contribution in [3.05, 3.63) is 35.9 Å². The van der Waals surface area contributed by atoms with E-state index in [0.717, 1.165) is 24.9 Å². The average Bonchev–Trinajstić information content (AvgIpc) is 2.48. The molecule has 1 aromatic rings. The molecule has 2 unspecified atom stereocenters. The van der Waals surface area contributed by atoms with Crippen LogP contribution in [0.2, 0.25) is 0 Å². The molecule has 0 bridgehead atoms. The number of likely N-dealkylation sites (tertiary alicyclic amines) is 1. The van der Waals surface area contributed by atoms with Gasteiger partial charge in [-0.15, -0.1) is 0 Å². The Balaban J connectivity index is 1.95. The summed E-state index contributed by atoms with van der Waals surface area (Å²) in [4.78, 5) is 14.3.